The average molecular weight is 512 g/mol. The Morgan fingerprint density at radius 2 is 2.29 bits per heavy atom. The first-order chi connectivity index (χ1) is 9.54. The predicted molar refractivity (Wildman–Crippen MR) is 92.3 cm³/mol. The summed E-state index contributed by atoms with van der Waals surface area (Å²) in [5.41, 5.74) is 1.55. The van der Waals surface area contributed by atoms with E-state index in [2.05, 4.69) is 28.7 Å². The molecular weight excluding hydrogens is 497 g/mol. The molecule has 0 spiro atoms. The standard InChI is InChI=1S/C14H14ClINO2S.Y/c1-17-13(6-5-12(16)14(17)18)10-4-3-9(7-11(10)15)19-8-20-2;/h3-4,7,12H,5,8H2,1-2H3;/q-1;. The molecule has 1 aromatic carbocycles. The number of allylic oxidation sites excluding steroid dienone is 1. The van der Waals surface area contributed by atoms with Gasteiger partial charge in [0.25, 0.3) is 0 Å². The van der Waals surface area contributed by atoms with Gasteiger partial charge in [-0.15, -0.1) is 40.7 Å². The Labute approximate surface area is 173 Å². The quantitative estimate of drug-likeness (QED) is 0.266. The summed E-state index contributed by atoms with van der Waals surface area (Å²) >= 11 is 10.0. The van der Waals surface area contributed by atoms with Crippen LogP contribution in [-0.4, -0.2) is 34.0 Å². The number of nitrogens with zero attached hydrogens (tertiary/aromatic N) is 1. The zero-order valence-corrected chi connectivity index (χ0v) is 18.3. The first kappa shape index (κ1) is 19.7. The fourth-order valence-electron chi connectivity index (χ4n) is 1.89. The number of thioether (sulfide) groups is 1. The molecule has 1 heterocycles. The molecule has 0 N–H and O–H groups in total. The number of alkyl halides is 1. The predicted octanol–water partition coefficient (Wildman–Crippen LogP) is 3.85. The number of hydrogen-bond acceptors (Lipinski definition) is 3. The van der Waals surface area contributed by atoms with Crippen molar-refractivity contribution in [1.29, 1.82) is 0 Å². The number of hydrogen-bond donors (Lipinski definition) is 0. The summed E-state index contributed by atoms with van der Waals surface area (Å²) in [5.74, 6) is 1.39. The molecule has 0 saturated carbocycles. The molecule has 3 nitrogen and oxygen atoms in total. The number of halogens is 2. The van der Waals surface area contributed by atoms with Gasteiger partial charge in [0.15, 0.2) is 0 Å². The smallest absolute Gasteiger partial charge is 0.235 e. The molecule has 1 atom stereocenters. The second-order valence-electron chi connectivity index (χ2n) is 4.29. The van der Waals surface area contributed by atoms with Crippen molar-refractivity contribution in [3.05, 3.63) is 34.9 Å². The Balaban J connectivity index is 0.00000220. The summed E-state index contributed by atoms with van der Waals surface area (Å²) in [4.78, 5) is 13.6. The molecule has 1 aliphatic rings. The van der Waals surface area contributed by atoms with Gasteiger partial charge in [0.1, 0.15) is 11.7 Å². The van der Waals surface area contributed by atoms with Crippen molar-refractivity contribution >= 4 is 57.6 Å². The second-order valence-corrected chi connectivity index (χ2v) is 7.01. The van der Waals surface area contributed by atoms with Crippen LogP contribution >= 0.6 is 46.0 Å². The topological polar surface area (TPSA) is 29.5 Å². The second kappa shape index (κ2) is 9.11. The number of carbonyl (C=O) groups excluding carboxylic acids is 1. The Hall–Kier alpha value is 0.704. The van der Waals surface area contributed by atoms with Crippen LogP contribution in [0.1, 0.15) is 12.0 Å². The van der Waals surface area contributed by atoms with Crippen LogP contribution in [-0.2, 0) is 37.5 Å². The normalized spacial score (nSPS) is 18.1. The van der Waals surface area contributed by atoms with E-state index in [1.54, 1.807) is 29.8 Å². The van der Waals surface area contributed by atoms with Crippen molar-refractivity contribution in [2.24, 2.45) is 0 Å². The Morgan fingerprint density at radius 1 is 1.57 bits per heavy atom. The van der Waals surface area contributed by atoms with Crippen LogP contribution in [0.4, 0.5) is 0 Å². The fraction of sp³-hybridized carbons (Fsp3) is 0.357. The third-order valence-corrected chi connectivity index (χ3v) is 4.56. The van der Waals surface area contributed by atoms with E-state index in [0.29, 0.717) is 17.4 Å². The van der Waals surface area contributed by atoms with Gasteiger partial charge in [-0.3, -0.25) is 4.79 Å². The van der Waals surface area contributed by atoms with E-state index in [9.17, 15) is 4.79 Å². The summed E-state index contributed by atoms with van der Waals surface area (Å²) in [5, 5.41) is 0.567. The largest absolute Gasteiger partial charge is 0.483 e. The van der Waals surface area contributed by atoms with Crippen LogP contribution in [0.25, 0.3) is 5.70 Å². The summed E-state index contributed by atoms with van der Waals surface area (Å²) < 4.78 is 5.46. The maximum absolute atomic E-state index is 12.0. The number of benzene rings is 1. The van der Waals surface area contributed by atoms with E-state index in [0.717, 1.165) is 17.0 Å². The van der Waals surface area contributed by atoms with Gasteiger partial charge < -0.3 is 9.64 Å². The van der Waals surface area contributed by atoms with Gasteiger partial charge in [0, 0.05) is 39.8 Å². The molecule has 1 unspecified atom stereocenters. The number of ether oxygens (including phenoxy) is 1. The minimum atomic E-state index is -0.0516. The van der Waals surface area contributed by atoms with E-state index >= 15 is 0 Å². The molecule has 1 aliphatic heterocycles. The monoisotopic (exact) mass is 511 g/mol. The Kier molecular flexibility index (Phi) is 8.57. The third-order valence-electron chi connectivity index (χ3n) is 2.92. The molecule has 0 aromatic heterocycles. The minimum Gasteiger partial charge on any atom is -0.483 e. The molecule has 1 radical (unpaired) electrons. The zero-order chi connectivity index (χ0) is 14.7. The van der Waals surface area contributed by atoms with Crippen LogP contribution < -0.4 is 4.74 Å². The van der Waals surface area contributed by atoms with Crippen LogP contribution in [0.3, 0.4) is 0 Å². The SMILES string of the molecule is CSCOc1ccc(C2=[C-]CC(I)C(=O)N2C)c(Cl)c1.[Y]. The van der Waals surface area contributed by atoms with Crippen molar-refractivity contribution in [1.82, 2.24) is 4.90 Å². The fourth-order valence-corrected chi connectivity index (χ4v) is 3.04. The summed E-state index contributed by atoms with van der Waals surface area (Å²) in [6, 6.07) is 5.51. The minimum absolute atomic E-state index is 0. The first-order valence-electron chi connectivity index (χ1n) is 5.98. The van der Waals surface area contributed by atoms with E-state index in [-0.39, 0.29) is 42.5 Å². The molecular formula is C14H14ClINO2SY-. The summed E-state index contributed by atoms with van der Waals surface area (Å²) in [6.45, 7) is 0. The van der Waals surface area contributed by atoms with Gasteiger partial charge in [-0.05, 0) is 23.4 Å². The average Bonchev–Trinajstić information content (AvgIpc) is 2.44. The van der Waals surface area contributed by atoms with Crippen molar-refractivity contribution in [2.75, 3.05) is 19.2 Å². The number of rotatable bonds is 4. The van der Waals surface area contributed by atoms with E-state index in [1.165, 1.54) is 0 Å². The zero-order valence-electron chi connectivity index (χ0n) is 11.7. The molecule has 1 aromatic rings. The molecule has 111 valence electrons. The van der Waals surface area contributed by atoms with E-state index < -0.39 is 0 Å². The number of amides is 1. The maximum atomic E-state index is 12.0. The van der Waals surface area contributed by atoms with Gasteiger partial charge in [-0.1, -0.05) is 29.0 Å². The molecule has 0 bridgehead atoms. The molecule has 2 rings (SSSR count). The Morgan fingerprint density at radius 3 is 2.90 bits per heavy atom. The third kappa shape index (κ3) is 4.84. The summed E-state index contributed by atoms with van der Waals surface area (Å²) in [7, 11) is 1.75. The van der Waals surface area contributed by atoms with Gasteiger partial charge >= 0.3 is 0 Å². The molecule has 0 saturated heterocycles. The van der Waals surface area contributed by atoms with Crippen molar-refractivity contribution in [3.63, 3.8) is 0 Å². The van der Waals surface area contributed by atoms with Crippen LogP contribution in [0.15, 0.2) is 18.2 Å². The molecule has 0 fully saturated rings. The van der Waals surface area contributed by atoms with Gasteiger partial charge in [-0.2, -0.15) is 0 Å². The van der Waals surface area contributed by atoms with Crippen molar-refractivity contribution in [2.45, 2.75) is 10.3 Å². The summed E-state index contributed by atoms with van der Waals surface area (Å²) in [6.07, 6.45) is 5.84. The van der Waals surface area contributed by atoms with Crippen LogP contribution in [0, 0.1) is 6.08 Å². The molecule has 0 aliphatic carbocycles. The van der Waals surface area contributed by atoms with E-state index in [1.807, 2.05) is 18.4 Å². The first-order valence-corrected chi connectivity index (χ1v) is 9.00. The van der Waals surface area contributed by atoms with Crippen molar-refractivity contribution < 1.29 is 42.2 Å². The van der Waals surface area contributed by atoms with Crippen LogP contribution in [0.5, 0.6) is 5.75 Å². The molecule has 1 amide bonds. The van der Waals surface area contributed by atoms with Gasteiger partial charge in [-0.25, -0.2) is 6.08 Å². The number of carbonyl (C=O) groups is 1. The van der Waals surface area contributed by atoms with Crippen molar-refractivity contribution in [3.8, 4) is 5.75 Å². The Bertz CT molecular complexity index is 556. The van der Waals surface area contributed by atoms with Crippen LogP contribution in [0.2, 0.25) is 5.02 Å². The van der Waals surface area contributed by atoms with Gasteiger partial charge in [0.05, 0.1) is 3.92 Å². The molecule has 21 heavy (non-hydrogen) atoms. The van der Waals surface area contributed by atoms with E-state index in [4.69, 9.17) is 16.3 Å². The van der Waals surface area contributed by atoms with Gasteiger partial charge in [0.2, 0.25) is 5.91 Å². The molecule has 7 heteroatoms. The maximum Gasteiger partial charge on any atom is 0.235 e.